The van der Waals surface area contributed by atoms with Gasteiger partial charge in [0, 0.05) is 17.9 Å². The molecule has 0 bridgehead atoms. The van der Waals surface area contributed by atoms with Crippen LogP contribution in [0.15, 0.2) is 29.4 Å². The number of hydrazone groups is 1. The van der Waals surface area contributed by atoms with Crippen molar-refractivity contribution >= 4 is 23.4 Å². The number of benzene rings is 1. The third-order valence-electron chi connectivity index (χ3n) is 3.15. The molecule has 2 rings (SSSR count). The largest absolute Gasteiger partial charge is 0.364 e. The number of hydrogen-bond donors (Lipinski definition) is 1. The maximum absolute atomic E-state index is 13.0. The molecule has 1 aromatic carbocycles. The van der Waals surface area contributed by atoms with Crippen molar-refractivity contribution in [1.29, 1.82) is 0 Å². The first-order valence-corrected chi connectivity index (χ1v) is 7.68. The maximum Gasteiger partial charge on any atom is 0.287 e. The molecular weight excluding hydrogens is 317 g/mol. The van der Waals surface area contributed by atoms with E-state index in [0.717, 1.165) is 5.56 Å². The van der Waals surface area contributed by atoms with Gasteiger partial charge >= 0.3 is 0 Å². The lowest BCUT2D eigenvalue weighted by Crippen LogP contribution is -2.52. The molecule has 0 aromatic heterocycles. The first kappa shape index (κ1) is 16.8. The monoisotopic (exact) mass is 332 g/mol. The molecule has 1 heterocycles. The highest BCUT2D eigenvalue weighted by molar-refractivity contribution is 7.99. The number of aliphatic hydroxyl groups is 1. The van der Waals surface area contributed by atoms with E-state index in [9.17, 15) is 23.1 Å². The van der Waals surface area contributed by atoms with Crippen LogP contribution in [0.3, 0.4) is 0 Å². The highest BCUT2D eigenvalue weighted by Crippen LogP contribution is 2.31. The van der Waals surface area contributed by atoms with Gasteiger partial charge in [-0.2, -0.15) is 10.1 Å². The second-order valence-corrected chi connectivity index (χ2v) is 6.00. The minimum Gasteiger partial charge on any atom is -0.364 e. The van der Waals surface area contributed by atoms with Gasteiger partial charge in [-0.3, -0.25) is 4.79 Å². The number of rotatable bonds is 5. The second kappa shape index (κ2) is 6.70. The van der Waals surface area contributed by atoms with Gasteiger partial charge in [0.25, 0.3) is 12.3 Å². The fraction of sp³-hybridized carbons (Fsp3) is 0.429. The molecule has 0 radical (unpaired) electrons. The molecule has 22 heavy (non-hydrogen) atoms. The zero-order valence-electron chi connectivity index (χ0n) is 11.8. The number of alkyl halides is 2. The van der Waals surface area contributed by atoms with Crippen molar-refractivity contribution < 1.29 is 23.1 Å². The Kier molecular flexibility index (Phi) is 5.12. The maximum atomic E-state index is 13.0. The molecule has 1 amide bonds. The number of amides is 1. The summed E-state index contributed by atoms with van der Waals surface area (Å²) in [5, 5.41) is 14.1. The number of thioether (sulfide) groups is 1. The Hall–Kier alpha value is -1.54. The van der Waals surface area contributed by atoms with Gasteiger partial charge < -0.3 is 5.11 Å². The van der Waals surface area contributed by atoms with E-state index in [0.29, 0.717) is 10.8 Å². The Morgan fingerprint density at radius 3 is 2.68 bits per heavy atom. The molecule has 120 valence electrons. The molecule has 8 heteroatoms. The summed E-state index contributed by atoms with van der Waals surface area (Å²) in [5.74, 6) is -0.723. The summed E-state index contributed by atoms with van der Waals surface area (Å²) in [6, 6.07) is 5.78. The van der Waals surface area contributed by atoms with Crippen molar-refractivity contribution in [2.45, 2.75) is 31.2 Å². The van der Waals surface area contributed by atoms with Crippen molar-refractivity contribution in [1.82, 2.24) is 5.01 Å². The van der Waals surface area contributed by atoms with Crippen LogP contribution in [0.5, 0.6) is 0 Å². The van der Waals surface area contributed by atoms with Gasteiger partial charge in [0.05, 0.1) is 5.75 Å². The smallest absolute Gasteiger partial charge is 0.287 e. The van der Waals surface area contributed by atoms with Gasteiger partial charge in [-0.1, -0.05) is 12.1 Å². The van der Waals surface area contributed by atoms with Gasteiger partial charge in [-0.25, -0.2) is 13.2 Å². The average molecular weight is 332 g/mol. The van der Waals surface area contributed by atoms with Crippen LogP contribution < -0.4 is 0 Å². The quantitative estimate of drug-likeness (QED) is 0.902. The van der Waals surface area contributed by atoms with Crippen molar-refractivity contribution in [3.63, 3.8) is 0 Å². The standard InChI is InChI=1S/C14H15F3N2O2S/c1-9-6-14(21,13(16)17)19(18-9)12(20)8-22-7-10-2-4-11(15)5-3-10/h2-5,13,21H,6-8H2,1H3/t14-/m1/s1. The third-order valence-corrected chi connectivity index (χ3v) is 4.14. The van der Waals surface area contributed by atoms with Gasteiger partial charge in [-0.15, -0.1) is 11.8 Å². The molecule has 0 saturated heterocycles. The highest BCUT2D eigenvalue weighted by atomic mass is 32.2. The minimum atomic E-state index is -3.10. The van der Waals surface area contributed by atoms with Crippen LogP contribution in [0.4, 0.5) is 13.2 Å². The SMILES string of the molecule is CC1=NN(C(=O)CSCc2ccc(F)cc2)[C@](O)(C(F)F)C1. The molecule has 1 atom stereocenters. The van der Waals surface area contributed by atoms with Crippen LogP contribution in [-0.2, 0) is 10.5 Å². The van der Waals surface area contributed by atoms with E-state index in [1.54, 1.807) is 12.1 Å². The lowest BCUT2D eigenvalue weighted by atomic mass is 10.1. The number of carbonyl (C=O) groups excluding carboxylic acids is 1. The molecule has 4 nitrogen and oxygen atoms in total. The zero-order valence-corrected chi connectivity index (χ0v) is 12.6. The lowest BCUT2D eigenvalue weighted by molar-refractivity contribution is -0.190. The Labute approximate surface area is 130 Å². The Bertz CT molecular complexity index is 580. The Balaban J connectivity index is 1.92. The van der Waals surface area contributed by atoms with Crippen LogP contribution in [0.1, 0.15) is 18.9 Å². The van der Waals surface area contributed by atoms with Crippen LogP contribution in [0, 0.1) is 5.82 Å². The second-order valence-electron chi connectivity index (χ2n) is 5.02. The van der Waals surface area contributed by atoms with E-state index in [1.165, 1.54) is 30.8 Å². The van der Waals surface area contributed by atoms with E-state index in [-0.39, 0.29) is 23.7 Å². The molecule has 1 aliphatic rings. The fourth-order valence-electron chi connectivity index (χ4n) is 2.08. The number of carbonyl (C=O) groups is 1. The molecule has 1 aromatic rings. The van der Waals surface area contributed by atoms with Crippen molar-refractivity contribution in [3.8, 4) is 0 Å². The lowest BCUT2D eigenvalue weighted by Gasteiger charge is -2.29. The minimum absolute atomic E-state index is 0.108. The van der Waals surface area contributed by atoms with E-state index in [1.807, 2.05) is 0 Å². The first-order chi connectivity index (χ1) is 10.3. The summed E-state index contributed by atoms with van der Waals surface area (Å²) in [6.45, 7) is 1.48. The highest BCUT2D eigenvalue weighted by Gasteiger charge is 2.50. The van der Waals surface area contributed by atoms with Crippen LogP contribution in [0.2, 0.25) is 0 Å². The van der Waals surface area contributed by atoms with Crippen LogP contribution in [-0.4, -0.2) is 39.6 Å². The van der Waals surface area contributed by atoms with Crippen molar-refractivity contribution in [2.75, 3.05) is 5.75 Å². The molecule has 0 unspecified atom stereocenters. The van der Waals surface area contributed by atoms with E-state index in [4.69, 9.17) is 0 Å². The Morgan fingerprint density at radius 2 is 2.09 bits per heavy atom. The first-order valence-electron chi connectivity index (χ1n) is 6.53. The third kappa shape index (κ3) is 3.61. The summed E-state index contributed by atoms with van der Waals surface area (Å²) >= 11 is 1.18. The van der Waals surface area contributed by atoms with Gasteiger partial charge in [0.15, 0.2) is 0 Å². The average Bonchev–Trinajstić information content (AvgIpc) is 2.77. The predicted octanol–water partition coefficient (Wildman–Crippen LogP) is 2.62. The summed E-state index contributed by atoms with van der Waals surface area (Å²) in [5.41, 5.74) is -1.47. The summed E-state index contributed by atoms with van der Waals surface area (Å²) in [4.78, 5) is 12.0. The Morgan fingerprint density at radius 1 is 1.45 bits per heavy atom. The van der Waals surface area contributed by atoms with Gasteiger partial charge in [-0.05, 0) is 24.6 Å². The predicted molar refractivity (Wildman–Crippen MR) is 78.1 cm³/mol. The molecule has 1 N–H and O–H groups in total. The summed E-state index contributed by atoms with van der Waals surface area (Å²) in [7, 11) is 0. The number of halogens is 3. The molecular formula is C14H15F3N2O2S. The topological polar surface area (TPSA) is 52.9 Å². The normalized spacial score (nSPS) is 21.4. The fourth-order valence-corrected chi connectivity index (χ4v) is 2.91. The van der Waals surface area contributed by atoms with E-state index in [2.05, 4.69) is 5.10 Å². The van der Waals surface area contributed by atoms with Crippen molar-refractivity contribution in [3.05, 3.63) is 35.6 Å². The molecule has 1 aliphatic heterocycles. The summed E-state index contributed by atoms with van der Waals surface area (Å²) < 4.78 is 38.7. The van der Waals surface area contributed by atoms with Crippen molar-refractivity contribution in [2.24, 2.45) is 5.10 Å². The molecule has 0 spiro atoms. The van der Waals surface area contributed by atoms with Crippen LogP contribution >= 0.6 is 11.8 Å². The van der Waals surface area contributed by atoms with Crippen LogP contribution in [0.25, 0.3) is 0 Å². The van der Waals surface area contributed by atoms with E-state index < -0.39 is 18.1 Å². The summed E-state index contributed by atoms with van der Waals surface area (Å²) in [6.07, 6.45) is -3.46. The molecule has 0 saturated carbocycles. The van der Waals surface area contributed by atoms with Gasteiger partial charge in [0.1, 0.15) is 5.82 Å². The number of nitrogens with zero attached hydrogens (tertiary/aromatic N) is 2. The zero-order chi connectivity index (χ0) is 16.3. The van der Waals surface area contributed by atoms with E-state index >= 15 is 0 Å². The molecule has 0 fully saturated rings. The number of hydrogen-bond acceptors (Lipinski definition) is 4. The molecule has 0 aliphatic carbocycles. The van der Waals surface area contributed by atoms with Gasteiger partial charge in [0.2, 0.25) is 5.72 Å².